The monoisotopic (exact) mass is 810 g/mol. The molecule has 0 bridgehead atoms. The maximum absolute atomic E-state index is 12.7. The summed E-state index contributed by atoms with van der Waals surface area (Å²) >= 11 is 2.84. The molecule has 0 spiro atoms. The standard InChI is InChI=1S/2C22H17NO2S.C7H8/c2*1-2-21(24)23(18-12-7-9-15-8-3-4-10-16(15)18)14-20-22(25)17-11-5-6-13-19(17)26-20;1-7-5-3-2-4-6-7/h2*3-14H,2H2,1H3;2-6H,1H3/b2*20-14-;. The third-order valence-corrected chi connectivity index (χ3v) is 12.0. The van der Waals surface area contributed by atoms with Crippen LogP contribution in [0.3, 0.4) is 0 Å². The maximum atomic E-state index is 12.7. The summed E-state index contributed by atoms with van der Waals surface area (Å²) in [6, 6.07) is 53.0. The Morgan fingerprint density at radius 3 is 1.24 bits per heavy atom. The van der Waals surface area contributed by atoms with Gasteiger partial charge in [-0.15, -0.1) is 0 Å². The van der Waals surface area contributed by atoms with Crippen LogP contribution < -0.4 is 9.80 Å². The minimum absolute atomic E-state index is 0.0280. The van der Waals surface area contributed by atoms with Gasteiger partial charge >= 0.3 is 0 Å². The third-order valence-electron chi connectivity index (χ3n) is 9.78. The van der Waals surface area contributed by atoms with Gasteiger partial charge in [-0.2, -0.15) is 0 Å². The summed E-state index contributed by atoms with van der Waals surface area (Å²) in [5, 5.41) is 4.10. The van der Waals surface area contributed by atoms with Crippen LogP contribution >= 0.6 is 23.5 Å². The zero-order valence-corrected chi connectivity index (χ0v) is 34.6. The normalized spacial score (nSPS) is 13.9. The molecule has 2 aliphatic heterocycles. The number of hydrogen-bond acceptors (Lipinski definition) is 6. The van der Waals surface area contributed by atoms with E-state index in [1.165, 1.54) is 29.1 Å². The predicted octanol–water partition coefficient (Wildman–Crippen LogP) is 12.8. The van der Waals surface area contributed by atoms with Gasteiger partial charge in [0.05, 0.1) is 21.2 Å². The van der Waals surface area contributed by atoms with Crippen molar-refractivity contribution >= 4 is 79.8 Å². The first-order chi connectivity index (χ1) is 28.8. The quantitative estimate of drug-likeness (QED) is 0.156. The highest BCUT2D eigenvalue weighted by Crippen LogP contribution is 2.42. The minimum atomic E-state index is -0.0433. The van der Waals surface area contributed by atoms with E-state index in [1.807, 2.05) is 166 Å². The highest BCUT2D eigenvalue weighted by Gasteiger charge is 2.29. The highest BCUT2D eigenvalue weighted by atomic mass is 32.2. The van der Waals surface area contributed by atoms with Gasteiger partial charge in [0, 0.05) is 56.9 Å². The molecule has 7 aromatic carbocycles. The molecule has 9 rings (SSSR count). The Kier molecular flexibility index (Phi) is 13.0. The number of rotatable bonds is 6. The Labute approximate surface area is 353 Å². The van der Waals surface area contributed by atoms with E-state index in [-0.39, 0.29) is 23.4 Å². The van der Waals surface area contributed by atoms with Crippen LogP contribution in [-0.2, 0) is 9.59 Å². The zero-order chi connectivity index (χ0) is 41.3. The van der Waals surface area contributed by atoms with Crippen molar-refractivity contribution in [3.63, 3.8) is 0 Å². The number of amides is 2. The van der Waals surface area contributed by atoms with Crippen LogP contribution in [0.15, 0.2) is 196 Å². The summed E-state index contributed by atoms with van der Waals surface area (Å²) in [7, 11) is 0. The number of ketones is 2. The van der Waals surface area contributed by atoms with Crippen molar-refractivity contribution in [3.8, 4) is 0 Å². The molecule has 6 nitrogen and oxygen atoms in total. The minimum Gasteiger partial charge on any atom is -0.288 e. The Bertz CT molecular complexity index is 2580. The van der Waals surface area contributed by atoms with Gasteiger partial charge in [0.15, 0.2) is 0 Å². The number of nitrogens with zero attached hydrogens (tertiary/aromatic N) is 2. The summed E-state index contributed by atoms with van der Waals surface area (Å²) in [6.07, 6.45) is 4.11. The number of hydrogen-bond donors (Lipinski definition) is 0. The van der Waals surface area contributed by atoms with Crippen molar-refractivity contribution in [1.82, 2.24) is 0 Å². The average Bonchev–Trinajstić information content (AvgIpc) is 3.78. The molecule has 0 aliphatic carbocycles. The maximum Gasteiger partial charge on any atom is 0.230 e. The van der Waals surface area contributed by atoms with Gasteiger partial charge < -0.3 is 0 Å². The molecule has 7 aromatic rings. The molecule has 2 amide bonds. The molecular weight excluding hydrogens is 769 g/mol. The molecular formula is C51H42N2O4S2. The van der Waals surface area contributed by atoms with E-state index in [0.29, 0.717) is 33.8 Å². The van der Waals surface area contributed by atoms with E-state index in [4.69, 9.17) is 0 Å². The lowest BCUT2D eigenvalue weighted by atomic mass is 10.1. The second-order valence-corrected chi connectivity index (χ2v) is 15.9. The van der Waals surface area contributed by atoms with Crippen molar-refractivity contribution < 1.29 is 19.2 Å². The van der Waals surface area contributed by atoms with Gasteiger partial charge in [0.25, 0.3) is 0 Å². The molecule has 8 heteroatoms. The molecule has 0 aromatic heterocycles. The van der Waals surface area contributed by atoms with E-state index in [0.717, 1.165) is 42.7 Å². The highest BCUT2D eigenvalue weighted by molar-refractivity contribution is 8.05. The lowest BCUT2D eigenvalue weighted by molar-refractivity contribution is -0.118. The second kappa shape index (κ2) is 18.9. The first kappa shape index (κ1) is 40.7. The Balaban J connectivity index is 0.000000154. The zero-order valence-electron chi connectivity index (χ0n) is 33.0. The van der Waals surface area contributed by atoms with Crippen molar-refractivity contribution in [1.29, 1.82) is 0 Å². The molecule has 0 saturated carbocycles. The molecule has 2 aliphatic rings. The Morgan fingerprint density at radius 1 is 0.475 bits per heavy atom. The van der Waals surface area contributed by atoms with Crippen LogP contribution in [0.5, 0.6) is 0 Å². The molecule has 292 valence electrons. The second-order valence-electron chi connectivity index (χ2n) is 13.7. The molecule has 0 saturated heterocycles. The largest absolute Gasteiger partial charge is 0.288 e. The first-order valence-corrected chi connectivity index (χ1v) is 21.1. The lowest BCUT2D eigenvalue weighted by Gasteiger charge is -2.20. The Hall–Kier alpha value is -6.48. The van der Waals surface area contributed by atoms with Crippen LogP contribution in [0.1, 0.15) is 53.0 Å². The number of anilines is 2. The van der Waals surface area contributed by atoms with Gasteiger partial charge in [-0.3, -0.25) is 29.0 Å². The lowest BCUT2D eigenvalue weighted by Crippen LogP contribution is -2.25. The number of carbonyl (C=O) groups is 4. The Morgan fingerprint density at radius 2 is 0.847 bits per heavy atom. The number of benzene rings is 7. The summed E-state index contributed by atoms with van der Waals surface area (Å²) in [6.45, 7) is 5.74. The van der Waals surface area contributed by atoms with Crippen LogP contribution in [0.4, 0.5) is 11.4 Å². The fraction of sp³-hybridized carbons (Fsp3) is 0.0980. The van der Waals surface area contributed by atoms with Crippen LogP contribution in [0.2, 0.25) is 0 Å². The van der Waals surface area contributed by atoms with Gasteiger partial charge in [0.2, 0.25) is 23.4 Å². The molecule has 0 radical (unpaired) electrons. The number of aryl methyl sites for hydroxylation is 1. The number of Topliss-reactive ketones (excluding diaryl/α,β-unsaturated/α-hetero) is 2. The van der Waals surface area contributed by atoms with Crippen LogP contribution in [-0.4, -0.2) is 23.4 Å². The van der Waals surface area contributed by atoms with E-state index in [1.54, 1.807) is 22.2 Å². The van der Waals surface area contributed by atoms with Gasteiger partial charge in [-0.05, 0) is 54.1 Å². The molecule has 2 heterocycles. The fourth-order valence-electron chi connectivity index (χ4n) is 6.75. The van der Waals surface area contributed by atoms with E-state index in [9.17, 15) is 19.2 Å². The molecule has 0 N–H and O–H groups in total. The molecule has 0 unspecified atom stereocenters. The molecule has 59 heavy (non-hydrogen) atoms. The average molecular weight is 811 g/mol. The van der Waals surface area contributed by atoms with Crippen molar-refractivity contribution in [2.24, 2.45) is 0 Å². The number of allylic oxidation sites excluding steroid dienone is 2. The number of carbonyl (C=O) groups excluding carboxylic acids is 4. The van der Waals surface area contributed by atoms with Gasteiger partial charge in [-0.25, -0.2) is 0 Å². The first-order valence-electron chi connectivity index (χ1n) is 19.5. The SMILES string of the molecule is CCC(=O)N(/C=C1\Sc2ccccc2C1=O)c1cccc2ccccc12.CCC(=O)N(/C=C1\Sc2ccccc2C1=O)c1cccc2ccccc12.Cc1ccccc1. The van der Waals surface area contributed by atoms with Gasteiger partial charge in [-0.1, -0.05) is 170 Å². The van der Waals surface area contributed by atoms with Crippen LogP contribution in [0.25, 0.3) is 21.5 Å². The van der Waals surface area contributed by atoms with Crippen LogP contribution in [0, 0.1) is 6.92 Å². The topological polar surface area (TPSA) is 74.8 Å². The fourth-order valence-corrected chi connectivity index (χ4v) is 8.78. The summed E-state index contributed by atoms with van der Waals surface area (Å²) < 4.78 is 0. The molecule has 0 fully saturated rings. The smallest absolute Gasteiger partial charge is 0.230 e. The van der Waals surface area contributed by atoms with Crippen molar-refractivity contribution in [3.05, 3.63) is 203 Å². The van der Waals surface area contributed by atoms with E-state index >= 15 is 0 Å². The summed E-state index contributed by atoms with van der Waals surface area (Å²) in [5.74, 6) is -0.143. The number of thioether (sulfide) groups is 2. The number of fused-ring (bicyclic) bond motifs is 4. The summed E-state index contributed by atoms with van der Waals surface area (Å²) in [5.41, 5.74) is 4.32. The summed E-state index contributed by atoms with van der Waals surface area (Å²) in [4.78, 5) is 57.0. The van der Waals surface area contributed by atoms with Gasteiger partial charge in [0.1, 0.15) is 0 Å². The van der Waals surface area contributed by atoms with E-state index in [2.05, 4.69) is 19.1 Å². The predicted molar refractivity (Wildman–Crippen MR) is 244 cm³/mol. The molecule has 0 atom stereocenters. The van der Waals surface area contributed by atoms with Crippen molar-refractivity contribution in [2.45, 2.75) is 43.4 Å². The van der Waals surface area contributed by atoms with E-state index < -0.39 is 0 Å². The third kappa shape index (κ3) is 9.15. The van der Waals surface area contributed by atoms with Crippen molar-refractivity contribution in [2.75, 3.05) is 9.80 Å².